The van der Waals surface area contributed by atoms with Crippen LogP contribution in [-0.2, 0) is 26.0 Å². The summed E-state index contributed by atoms with van der Waals surface area (Å²) in [7, 11) is 0. The Hall–Kier alpha value is -3.87. The van der Waals surface area contributed by atoms with Crippen LogP contribution in [0, 0.1) is 12.8 Å². The summed E-state index contributed by atoms with van der Waals surface area (Å²) in [4.78, 5) is 20.9. The van der Waals surface area contributed by atoms with E-state index in [0.29, 0.717) is 23.3 Å². The Labute approximate surface area is 262 Å². The topological polar surface area (TPSA) is 47.4 Å². The molecule has 1 saturated heterocycles. The minimum Gasteiger partial charge on any atom is -0.485 e. The van der Waals surface area contributed by atoms with E-state index in [4.69, 9.17) is 21.3 Å². The first kappa shape index (κ1) is 29.2. The van der Waals surface area contributed by atoms with Crippen LogP contribution in [0.5, 0.6) is 5.75 Å². The zero-order valence-corrected chi connectivity index (χ0v) is 26.0. The van der Waals surface area contributed by atoms with Crippen LogP contribution >= 0.6 is 22.9 Å². The molecule has 0 radical (unpaired) electrons. The summed E-state index contributed by atoms with van der Waals surface area (Å²) in [5.41, 5.74) is 6.23. The Morgan fingerprint density at radius 2 is 1.63 bits per heavy atom. The molecule has 43 heavy (non-hydrogen) atoms. The van der Waals surface area contributed by atoms with Crippen LogP contribution in [-0.4, -0.2) is 33.4 Å². The highest BCUT2D eigenvalue weighted by Crippen LogP contribution is 2.31. The summed E-state index contributed by atoms with van der Waals surface area (Å²) in [6.07, 6.45) is 4.01. The maximum absolute atomic E-state index is 13.9. The van der Waals surface area contributed by atoms with Gasteiger partial charge in [0.05, 0.1) is 22.0 Å². The third-order valence-corrected chi connectivity index (χ3v) is 9.47. The van der Waals surface area contributed by atoms with Gasteiger partial charge < -0.3 is 14.2 Å². The van der Waals surface area contributed by atoms with E-state index < -0.39 is 0 Å². The van der Waals surface area contributed by atoms with Gasteiger partial charge in [-0.25, -0.2) is 4.98 Å². The summed E-state index contributed by atoms with van der Waals surface area (Å²) in [5, 5.41) is 3.50. The summed E-state index contributed by atoms with van der Waals surface area (Å²) in [6.45, 7) is 4.75. The summed E-state index contributed by atoms with van der Waals surface area (Å²) in [6, 6.07) is 30.7. The molecule has 7 heteroatoms. The van der Waals surface area contributed by atoms with Crippen molar-refractivity contribution in [2.75, 3.05) is 13.1 Å². The van der Waals surface area contributed by atoms with Crippen molar-refractivity contribution >= 4 is 28.8 Å². The first-order chi connectivity index (χ1) is 21.0. The molecule has 3 aromatic carbocycles. The Bertz CT molecular complexity index is 1660. The average Bonchev–Trinajstić information content (AvgIpc) is 3.65. The Balaban J connectivity index is 1.20. The molecule has 1 aliphatic rings. The zero-order valence-electron chi connectivity index (χ0n) is 24.4. The summed E-state index contributed by atoms with van der Waals surface area (Å²) < 4.78 is 8.21. The van der Waals surface area contributed by atoms with Crippen molar-refractivity contribution in [2.24, 2.45) is 5.92 Å². The van der Waals surface area contributed by atoms with Gasteiger partial charge in [-0.15, -0.1) is 11.3 Å². The van der Waals surface area contributed by atoms with E-state index in [1.54, 1.807) is 11.3 Å². The number of hydrogen-bond acceptors (Lipinski definition) is 4. The van der Waals surface area contributed by atoms with Gasteiger partial charge in [0.25, 0.3) is 5.91 Å². The molecule has 0 N–H and O–H groups in total. The van der Waals surface area contributed by atoms with Crippen LogP contribution in [0.2, 0.25) is 5.02 Å². The number of piperidine rings is 1. The highest BCUT2D eigenvalue weighted by Gasteiger charge is 2.27. The van der Waals surface area contributed by atoms with Crippen molar-refractivity contribution in [3.63, 3.8) is 0 Å². The number of rotatable bonds is 10. The molecule has 1 amide bonds. The number of amides is 1. The lowest BCUT2D eigenvalue weighted by Gasteiger charge is -2.32. The molecular weight excluding hydrogens is 574 g/mol. The SMILES string of the molecule is Cc1c(C(=O)N2CCC(Cc3ccccc3)CC2)cc(-c2csc(COc3ccccc3Cl)n2)n1CCc1ccccc1. The number of benzene rings is 3. The van der Waals surface area contributed by atoms with E-state index >= 15 is 0 Å². The van der Waals surface area contributed by atoms with Gasteiger partial charge >= 0.3 is 0 Å². The van der Waals surface area contributed by atoms with Gasteiger partial charge in [-0.05, 0) is 67.9 Å². The van der Waals surface area contributed by atoms with E-state index in [1.165, 1.54) is 11.1 Å². The molecule has 0 bridgehead atoms. The molecule has 5 aromatic rings. The highest BCUT2D eigenvalue weighted by molar-refractivity contribution is 7.09. The summed E-state index contributed by atoms with van der Waals surface area (Å²) in [5.74, 6) is 1.37. The van der Waals surface area contributed by atoms with Crippen LogP contribution in [0.1, 0.15) is 45.0 Å². The maximum atomic E-state index is 13.9. The lowest BCUT2D eigenvalue weighted by molar-refractivity contribution is 0.0689. The van der Waals surface area contributed by atoms with Gasteiger partial charge in [0.2, 0.25) is 0 Å². The lowest BCUT2D eigenvalue weighted by Crippen LogP contribution is -2.39. The summed E-state index contributed by atoms with van der Waals surface area (Å²) >= 11 is 7.83. The Morgan fingerprint density at radius 1 is 0.953 bits per heavy atom. The molecule has 5 nitrogen and oxygen atoms in total. The van der Waals surface area contributed by atoms with Gasteiger partial charge in [-0.1, -0.05) is 84.4 Å². The van der Waals surface area contributed by atoms with Gasteiger partial charge in [0, 0.05) is 30.7 Å². The molecule has 3 heterocycles. The van der Waals surface area contributed by atoms with E-state index in [0.717, 1.165) is 73.0 Å². The van der Waals surface area contributed by atoms with Crippen molar-refractivity contribution in [3.05, 3.63) is 129 Å². The Kier molecular flexibility index (Phi) is 9.25. The first-order valence-electron chi connectivity index (χ1n) is 14.9. The lowest BCUT2D eigenvalue weighted by atomic mass is 9.90. The fraction of sp³-hybridized carbons (Fsp3) is 0.278. The number of carbonyl (C=O) groups excluding carboxylic acids is 1. The molecule has 220 valence electrons. The van der Waals surface area contributed by atoms with E-state index in [1.807, 2.05) is 41.3 Å². The quantitative estimate of drug-likeness (QED) is 0.159. The third-order valence-electron chi connectivity index (χ3n) is 8.33. The fourth-order valence-electron chi connectivity index (χ4n) is 5.90. The molecular formula is C36H36ClN3O2S. The molecule has 1 fully saturated rings. The molecule has 0 aliphatic carbocycles. The van der Waals surface area contributed by atoms with Crippen molar-refractivity contribution in [2.45, 2.75) is 45.8 Å². The molecule has 0 unspecified atom stereocenters. The fourth-order valence-corrected chi connectivity index (χ4v) is 6.79. The average molecular weight is 610 g/mol. The zero-order chi connectivity index (χ0) is 29.6. The number of ether oxygens (including phenoxy) is 1. The molecule has 0 atom stereocenters. The predicted octanol–water partition coefficient (Wildman–Crippen LogP) is 8.49. The van der Waals surface area contributed by atoms with E-state index in [2.05, 4.69) is 71.5 Å². The second-order valence-corrected chi connectivity index (χ2v) is 12.5. The maximum Gasteiger partial charge on any atom is 0.255 e. The molecule has 0 spiro atoms. The first-order valence-corrected chi connectivity index (χ1v) is 16.2. The Morgan fingerprint density at radius 3 is 2.35 bits per heavy atom. The second kappa shape index (κ2) is 13.6. The van der Waals surface area contributed by atoms with Crippen LogP contribution in [0.3, 0.4) is 0 Å². The molecule has 2 aromatic heterocycles. The van der Waals surface area contributed by atoms with Crippen LogP contribution in [0.15, 0.2) is 96.4 Å². The number of thiazole rings is 1. The standard InChI is InChI=1S/C36H36ClN3O2S/c1-26-30(36(41)39-19-16-29(17-20-39)22-28-12-6-3-7-13-28)23-33(40(26)21-18-27-10-4-2-5-11-27)32-25-43-35(38-32)24-42-34-15-9-8-14-31(34)37/h2-15,23,25,29H,16-22,24H2,1H3. The van der Waals surface area contributed by atoms with Gasteiger partial charge in [-0.2, -0.15) is 0 Å². The monoisotopic (exact) mass is 609 g/mol. The van der Waals surface area contributed by atoms with E-state index in [9.17, 15) is 4.79 Å². The third kappa shape index (κ3) is 7.03. The number of halogens is 1. The normalized spacial score (nSPS) is 13.8. The van der Waals surface area contributed by atoms with Crippen molar-refractivity contribution < 1.29 is 9.53 Å². The van der Waals surface area contributed by atoms with Crippen LogP contribution < -0.4 is 4.74 Å². The number of aryl methyl sites for hydroxylation is 1. The second-order valence-electron chi connectivity index (χ2n) is 11.2. The van der Waals surface area contributed by atoms with Crippen molar-refractivity contribution in [1.82, 2.24) is 14.5 Å². The number of nitrogens with zero attached hydrogens (tertiary/aromatic N) is 3. The van der Waals surface area contributed by atoms with Gasteiger partial charge in [0.1, 0.15) is 17.4 Å². The van der Waals surface area contributed by atoms with E-state index in [-0.39, 0.29) is 5.91 Å². The minimum atomic E-state index is 0.118. The minimum absolute atomic E-state index is 0.118. The molecule has 6 rings (SSSR count). The number of carbonyl (C=O) groups is 1. The number of hydrogen-bond donors (Lipinski definition) is 0. The predicted molar refractivity (Wildman–Crippen MR) is 175 cm³/mol. The number of aromatic nitrogens is 2. The van der Waals surface area contributed by atoms with Gasteiger partial charge in [0.15, 0.2) is 0 Å². The van der Waals surface area contributed by atoms with Crippen LogP contribution in [0.4, 0.5) is 0 Å². The highest BCUT2D eigenvalue weighted by atomic mass is 35.5. The number of likely N-dealkylation sites (tertiary alicyclic amines) is 1. The largest absolute Gasteiger partial charge is 0.485 e. The number of para-hydroxylation sites is 1. The molecule has 0 saturated carbocycles. The van der Waals surface area contributed by atoms with Crippen molar-refractivity contribution in [3.8, 4) is 17.1 Å². The van der Waals surface area contributed by atoms with Crippen LogP contribution in [0.25, 0.3) is 11.4 Å². The molecule has 1 aliphatic heterocycles. The van der Waals surface area contributed by atoms with Gasteiger partial charge in [-0.3, -0.25) is 4.79 Å². The smallest absolute Gasteiger partial charge is 0.255 e. The van der Waals surface area contributed by atoms with Crippen molar-refractivity contribution in [1.29, 1.82) is 0 Å².